The molecule has 1 aromatic carbocycles. The third kappa shape index (κ3) is 6.38. The molecule has 1 aromatic rings. The molecule has 0 saturated carbocycles. The van der Waals surface area contributed by atoms with E-state index in [0.29, 0.717) is 19.6 Å². The lowest BCUT2D eigenvalue weighted by Gasteiger charge is -2.30. The lowest BCUT2D eigenvalue weighted by molar-refractivity contribution is -0.130. The molecule has 2 heterocycles. The van der Waals surface area contributed by atoms with E-state index in [-0.39, 0.29) is 5.91 Å². The molecule has 28 heavy (non-hydrogen) atoms. The van der Waals surface area contributed by atoms with Gasteiger partial charge in [-0.1, -0.05) is 32.3 Å². The molecule has 3 rings (SSSR count). The van der Waals surface area contributed by atoms with Gasteiger partial charge in [-0.3, -0.25) is 9.69 Å². The van der Waals surface area contributed by atoms with Crippen molar-refractivity contribution in [1.82, 2.24) is 9.80 Å². The van der Waals surface area contributed by atoms with Gasteiger partial charge in [-0.15, -0.1) is 0 Å². The molecular formula is C22H34N2O4. The van der Waals surface area contributed by atoms with Crippen LogP contribution >= 0.6 is 0 Å². The van der Waals surface area contributed by atoms with Crippen molar-refractivity contribution in [3.63, 3.8) is 0 Å². The van der Waals surface area contributed by atoms with Gasteiger partial charge in [-0.2, -0.15) is 0 Å². The third-order valence-electron chi connectivity index (χ3n) is 5.39. The molecule has 0 spiro atoms. The second kappa shape index (κ2) is 11.3. The summed E-state index contributed by atoms with van der Waals surface area (Å²) in [6.45, 7) is 9.41. The van der Waals surface area contributed by atoms with Crippen LogP contribution in [0.15, 0.2) is 18.2 Å². The maximum Gasteiger partial charge on any atom is 0.227 e. The molecule has 1 fully saturated rings. The van der Waals surface area contributed by atoms with Gasteiger partial charge in [-0.05, 0) is 24.1 Å². The number of fused-ring (bicyclic) bond motifs is 1. The number of unbranched alkanes of at least 4 members (excludes halogenated alkanes) is 3. The lowest BCUT2D eigenvalue weighted by Crippen LogP contribution is -2.43. The van der Waals surface area contributed by atoms with Crippen LogP contribution in [-0.4, -0.2) is 74.9 Å². The minimum atomic E-state index is 0.196. The second-order valence-corrected chi connectivity index (χ2v) is 7.55. The van der Waals surface area contributed by atoms with Crippen molar-refractivity contribution >= 4 is 5.91 Å². The van der Waals surface area contributed by atoms with Crippen molar-refractivity contribution in [2.75, 3.05) is 59.2 Å². The minimum absolute atomic E-state index is 0.196. The Labute approximate surface area is 168 Å². The molecule has 6 heteroatoms. The molecule has 6 nitrogen and oxygen atoms in total. The molecule has 0 unspecified atom stereocenters. The Morgan fingerprint density at radius 2 is 1.79 bits per heavy atom. The number of amides is 1. The quantitative estimate of drug-likeness (QED) is 0.575. The van der Waals surface area contributed by atoms with Gasteiger partial charge in [0.05, 0.1) is 19.6 Å². The van der Waals surface area contributed by atoms with E-state index in [1.165, 1.54) is 19.3 Å². The Hall–Kier alpha value is -1.79. The molecule has 0 bridgehead atoms. The van der Waals surface area contributed by atoms with Crippen molar-refractivity contribution in [1.29, 1.82) is 0 Å². The van der Waals surface area contributed by atoms with Gasteiger partial charge in [0.1, 0.15) is 13.2 Å². The number of benzene rings is 1. The number of ether oxygens (including phenoxy) is 3. The van der Waals surface area contributed by atoms with Crippen LogP contribution in [0.3, 0.4) is 0 Å². The fraction of sp³-hybridized carbons (Fsp3) is 0.682. The van der Waals surface area contributed by atoms with Crippen molar-refractivity contribution in [3.8, 4) is 11.5 Å². The Bertz CT molecular complexity index is 617. The Kier molecular flexibility index (Phi) is 8.42. The monoisotopic (exact) mass is 390 g/mol. The zero-order chi connectivity index (χ0) is 19.6. The SMILES string of the molecule is CCCCCCN(CCN1CCOCC1)C(=O)Cc1ccc2c(c1)OCCO2. The standard InChI is InChI=1S/C22H34N2O4/c1-2-3-4-5-8-24(10-9-23-11-13-26-14-12-23)22(25)18-19-6-7-20-21(17-19)28-16-15-27-20/h6-7,17H,2-5,8-16,18H2,1H3. The summed E-state index contributed by atoms with van der Waals surface area (Å²) in [5.74, 6) is 1.71. The summed E-state index contributed by atoms with van der Waals surface area (Å²) in [6.07, 6.45) is 5.10. The van der Waals surface area contributed by atoms with Gasteiger partial charge in [0.2, 0.25) is 5.91 Å². The highest BCUT2D eigenvalue weighted by Gasteiger charge is 2.18. The smallest absolute Gasteiger partial charge is 0.227 e. The Morgan fingerprint density at radius 3 is 2.57 bits per heavy atom. The summed E-state index contributed by atoms with van der Waals surface area (Å²) in [7, 11) is 0. The van der Waals surface area contributed by atoms with Crippen LogP contribution in [0.1, 0.15) is 38.2 Å². The zero-order valence-electron chi connectivity index (χ0n) is 17.2. The maximum absolute atomic E-state index is 13.0. The van der Waals surface area contributed by atoms with E-state index >= 15 is 0 Å². The Balaban J connectivity index is 1.56. The minimum Gasteiger partial charge on any atom is -0.486 e. The number of nitrogens with zero attached hydrogens (tertiary/aromatic N) is 2. The van der Waals surface area contributed by atoms with E-state index in [1.807, 2.05) is 23.1 Å². The molecular weight excluding hydrogens is 356 g/mol. The number of morpholine rings is 1. The molecule has 1 saturated heterocycles. The molecule has 0 aliphatic carbocycles. The average molecular weight is 391 g/mol. The lowest BCUT2D eigenvalue weighted by atomic mass is 10.1. The molecule has 156 valence electrons. The number of rotatable bonds is 10. The van der Waals surface area contributed by atoms with Crippen molar-refractivity contribution < 1.29 is 19.0 Å². The maximum atomic E-state index is 13.0. The first-order chi connectivity index (χ1) is 13.8. The molecule has 0 atom stereocenters. The summed E-state index contributed by atoms with van der Waals surface area (Å²) in [5.41, 5.74) is 0.985. The number of hydrogen-bond acceptors (Lipinski definition) is 5. The first-order valence-corrected chi connectivity index (χ1v) is 10.7. The van der Waals surface area contributed by atoms with Crippen LogP contribution in [0, 0.1) is 0 Å². The van der Waals surface area contributed by atoms with E-state index in [0.717, 1.165) is 69.4 Å². The van der Waals surface area contributed by atoms with E-state index in [4.69, 9.17) is 14.2 Å². The van der Waals surface area contributed by atoms with Crippen LogP contribution in [0.2, 0.25) is 0 Å². The van der Waals surface area contributed by atoms with Crippen LogP contribution < -0.4 is 9.47 Å². The number of carbonyl (C=O) groups excluding carboxylic acids is 1. The molecule has 2 aliphatic heterocycles. The predicted molar refractivity (Wildman–Crippen MR) is 109 cm³/mol. The van der Waals surface area contributed by atoms with Gasteiger partial charge in [0, 0.05) is 32.7 Å². The second-order valence-electron chi connectivity index (χ2n) is 7.55. The van der Waals surface area contributed by atoms with Crippen LogP contribution in [0.5, 0.6) is 11.5 Å². The summed E-state index contributed by atoms with van der Waals surface area (Å²) in [5, 5.41) is 0. The summed E-state index contributed by atoms with van der Waals surface area (Å²) in [4.78, 5) is 17.5. The molecule has 0 N–H and O–H groups in total. The highest BCUT2D eigenvalue weighted by molar-refractivity contribution is 5.79. The van der Waals surface area contributed by atoms with Crippen molar-refractivity contribution in [2.24, 2.45) is 0 Å². The third-order valence-corrected chi connectivity index (χ3v) is 5.39. The fourth-order valence-corrected chi connectivity index (χ4v) is 3.66. The Morgan fingerprint density at radius 1 is 1.00 bits per heavy atom. The van der Waals surface area contributed by atoms with Crippen LogP contribution in [0.4, 0.5) is 0 Å². The van der Waals surface area contributed by atoms with E-state index in [2.05, 4.69) is 11.8 Å². The van der Waals surface area contributed by atoms with Gasteiger partial charge in [0.25, 0.3) is 0 Å². The fourth-order valence-electron chi connectivity index (χ4n) is 3.66. The first kappa shape index (κ1) is 20.9. The van der Waals surface area contributed by atoms with Crippen LogP contribution in [-0.2, 0) is 16.0 Å². The largest absolute Gasteiger partial charge is 0.486 e. The average Bonchev–Trinajstić information content (AvgIpc) is 2.74. The molecule has 2 aliphatic rings. The normalized spacial score (nSPS) is 16.8. The van der Waals surface area contributed by atoms with Gasteiger partial charge < -0.3 is 19.1 Å². The van der Waals surface area contributed by atoms with Crippen molar-refractivity contribution in [3.05, 3.63) is 23.8 Å². The highest BCUT2D eigenvalue weighted by atomic mass is 16.6. The van der Waals surface area contributed by atoms with E-state index < -0.39 is 0 Å². The summed E-state index contributed by atoms with van der Waals surface area (Å²) >= 11 is 0. The molecule has 0 aromatic heterocycles. The number of hydrogen-bond donors (Lipinski definition) is 0. The number of carbonyl (C=O) groups is 1. The summed E-state index contributed by atoms with van der Waals surface area (Å²) < 4.78 is 16.7. The topological polar surface area (TPSA) is 51.2 Å². The van der Waals surface area contributed by atoms with E-state index in [9.17, 15) is 4.79 Å². The first-order valence-electron chi connectivity index (χ1n) is 10.7. The van der Waals surface area contributed by atoms with Crippen LogP contribution in [0.25, 0.3) is 0 Å². The van der Waals surface area contributed by atoms with Gasteiger partial charge in [0.15, 0.2) is 11.5 Å². The van der Waals surface area contributed by atoms with Crippen molar-refractivity contribution in [2.45, 2.75) is 39.0 Å². The van der Waals surface area contributed by atoms with E-state index in [1.54, 1.807) is 0 Å². The van der Waals surface area contributed by atoms with Gasteiger partial charge in [-0.25, -0.2) is 0 Å². The molecule has 1 amide bonds. The zero-order valence-corrected chi connectivity index (χ0v) is 17.2. The highest BCUT2D eigenvalue weighted by Crippen LogP contribution is 2.31. The van der Waals surface area contributed by atoms with Gasteiger partial charge >= 0.3 is 0 Å². The predicted octanol–water partition coefficient (Wildman–Crippen LogP) is 2.74. The summed E-state index contributed by atoms with van der Waals surface area (Å²) in [6, 6.07) is 5.84. The molecule has 0 radical (unpaired) electrons.